The molecule has 26 heteroatoms. The van der Waals surface area contributed by atoms with Gasteiger partial charge in [0.1, 0.15) is 66.8 Å². The Kier molecular flexibility index (Phi) is 23.8. The van der Waals surface area contributed by atoms with Crippen LogP contribution >= 0.6 is 0 Å². The number of carbonyl (C=O) groups is 11. The first kappa shape index (κ1) is 66.5. The van der Waals surface area contributed by atoms with E-state index in [1.165, 1.54) is 52.3 Å². The first-order valence-electron chi connectivity index (χ1n) is 29.7. The first-order chi connectivity index (χ1) is 42.1. The van der Waals surface area contributed by atoms with Crippen molar-refractivity contribution >= 4 is 65.0 Å². The molecule has 0 saturated carbocycles. The van der Waals surface area contributed by atoms with Crippen LogP contribution in [0.4, 0.5) is 0 Å². The molecule has 2 bridgehead atoms. The third kappa shape index (κ3) is 18.2. The van der Waals surface area contributed by atoms with Crippen molar-refractivity contribution in [3.8, 4) is 5.75 Å². The van der Waals surface area contributed by atoms with E-state index >= 15 is 0 Å². The van der Waals surface area contributed by atoms with Crippen molar-refractivity contribution in [2.24, 2.45) is 11.8 Å². The molecule has 1 aromatic carbocycles. The molecule has 9 atom stereocenters. The van der Waals surface area contributed by atoms with Gasteiger partial charge in [-0.1, -0.05) is 81.0 Å². The number of allylic oxidation sites excluding steroid dienone is 2. The molecule has 1 unspecified atom stereocenters. The van der Waals surface area contributed by atoms with Gasteiger partial charge >= 0.3 is 11.9 Å². The molecule has 4 fully saturated rings. The van der Waals surface area contributed by atoms with Gasteiger partial charge in [0.05, 0.1) is 19.1 Å². The van der Waals surface area contributed by atoms with Crippen LogP contribution in [-0.2, 0) is 65.5 Å². The molecule has 0 spiro atoms. The number of amides is 8. The van der Waals surface area contributed by atoms with Crippen molar-refractivity contribution in [1.29, 1.82) is 0 Å². The SMILES string of the molecule is CC1=C/[C@@H](O)CC(=O)Cc2nc(co2)C(=O)N2CCCC2C(=O)O[C@H](C(C)C)[C@H](C)/C=C\C(=O)NC/C=C\1.C[C@H]1OC(=O)CNC(=O)[C@@H]2CCCCN2C(=O)[C@H](Cc2ccccc2)NC(=O)[C@@H]2CCCN2C(=O)CNC(=O)[C@H]1NC(=O)c1ncccc1O. The molecule has 5 aliphatic rings. The number of pyridine rings is 1. The number of ether oxygens (including phenoxy) is 2. The third-order valence-corrected chi connectivity index (χ3v) is 15.6. The van der Waals surface area contributed by atoms with E-state index in [9.17, 15) is 63.0 Å². The largest absolute Gasteiger partial charge is 0.505 e. The molecule has 472 valence electrons. The standard InChI is InChI=1S/C34H41N7O9.C28H37N3O7/c1-20-28(39-33(48)29-25(42)13-7-14-35-29)32(47)36-18-26(43)40-16-8-12-24(40)31(46)38-22(17-21-9-3-2-4-10-21)34(49)41-15-6-5-11-23(41)30(45)37-19-27(44)50-20;1-17(2)26-19(4)9-10-24(34)29-11-5-7-18(3)13-20(32)14-21(33)15-25-30-22(16-37-25)27(35)31-12-6-8-23(31)28(36)38-26/h2-4,7,9-10,13-14,20,22-24,28,42H,5-6,8,11-12,15-19H2,1H3,(H,36,47)(H,37,45)(H,38,46)(H,39,48);5,7,9-10,13,16-17,19-20,23,26,32H,6,8,11-12,14-15H2,1-4H3,(H,29,34)/b;7-5-,10-9-,18-13-/t20-,22+,23+,24+,28+;19-,20-,23?,26-/m11/s1. The molecule has 88 heavy (non-hydrogen) atoms. The number of hydrogen-bond donors (Lipinski definition) is 7. The zero-order chi connectivity index (χ0) is 63.6. The van der Waals surface area contributed by atoms with E-state index in [1.54, 1.807) is 31.2 Å². The number of aromatic hydroxyl groups is 1. The fourth-order valence-corrected chi connectivity index (χ4v) is 11.1. The Bertz CT molecular complexity index is 3140. The third-order valence-electron chi connectivity index (χ3n) is 15.6. The van der Waals surface area contributed by atoms with Gasteiger partial charge in [-0.2, -0.15) is 0 Å². The Morgan fingerprint density at radius 2 is 1.48 bits per heavy atom. The normalized spacial score (nSPS) is 27.5. The minimum absolute atomic E-state index is 0.00930. The number of cyclic esters (lactones) is 2. The average molecular weight is 1220 g/mol. The van der Waals surface area contributed by atoms with Crippen molar-refractivity contribution in [2.45, 2.75) is 147 Å². The summed E-state index contributed by atoms with van der Waals surface area (Å²) in [5, 5.41) is 33.3. The number of nitrogens with zero attached hydrogens (tertiary/aromatic N) is 5. The zero-order valence-corrected chi connectivity index (χ0v) is 50.0. The highest BCUT2D eigenvalue weighted by molar-refractivity contribution is 6.00. The summed E-state index contributed by atoms with van der Waals surface area (Å²) in [4.78, 5) is 157. The Morgan fingerprint density at radius 1 is 0.784 bits per heavy atom. The number of esters is 2. The fraction of sp³-hybridized carbons (Fsp3) is 0.500. The highest BCUT2D eigenvalue weighted by Crippen LogP contribution is 2.27. The summed E-state index contributed by atoms with van der Waals surface area (Å²) in [6.45, 7) is 8.82. The summed E-state index contributed by atoms with van der Waals surface area (Å²) < 4.78 is 16.6. The lowest BCUT2D eigenvalue weighted by atomic mass is 9.94. The topological polar surface area (TPSA) is 355 Å². The minimum atomic E-state index is -1.55. The van der Waals surface area contributed by atoms with Crippen LogP contribution in [0.5, 0.6) is 5.75 Å². The Labute approximate surface area is 509 Å². The second-order valence-corrected chi connectivity index (χ2v) is 22.7. The number of carbonyl (C=O) groups excluding carboxylic acids is 11. The van der Waals surface area contributed by atoms with Crippen LogP contribution in [0.2, 0.25) is 0 Å². The van der Waals surface area contributed by atoms with Crippen LogP contribution in [0.3, 0.4) is 0 Å². The highest BCUT2D eigenvalue weighted by atomic mass is 16.6. The summed E-state index contributed by atoms with van der Waals surface area (Å²) in [6, 6.07) is 6.52. The van der Waals surface area contributed by atoms with Crippen molar-refractivity contribution < 1.29 is 76.8 Å². The summed E-state index contributed by atoms with van der Waals surface area (Å²) in [7, 11) is 0. The molecule has 8 amide bonds. The predicted molar refractivity (Wildman–Crippen MR) is 314 cm³/mol. The summed E-state index contributed by atoms with van der Waals surface area (Å²) in [5.74, 6) is -7.17. The van der Waals surface area contributed by atoms with Gasteiger partial charge in [0, 0.05) is 51.1 Å². The maximum atomic E-state index is 14.1. The van der Waals surface area contributed by atoms with Crippen LogP contribution in [0.25, 0.3) is 0 Å². The van der Waals surface area contributed by atoms with Crippen molar-refractivity contribution in [2.75, 3.05) is 39.3 Å². The van der Waals surface area contributed by atoms with Gasteiger partial charge in [0.25, 0.3) is 11.8 Å². The summed E-state index contributed by atoms with van der Waals surface area (Å²) in [6.07, 6.45) is 11.1. The number of fused-ring (bicyclic) bond motifs is 5. The maximum absolute atomic E-state index is 14.1. The average Bonchev–Trinajstić information content (AvgIpc) is 4.45. The van der Waals surface area contributed by atoms with Crippen LogP contribution < -0.4 is 26.6 Å². The fourth-order valence-electron chi connectivity index (χ4n) is 11.1. The smallest absolute Gasteiger partial charge is 0.329 e. The van der Waals surface area contributed by atoms with E-state index in [4.69, 9.17) is 13.9 Å². The van der Waals surface area contributed by atoms with E-state index in [1.807, 2.05) is 51.1 Å². The number of benzene rings is 1. The van der Waals surface area contributed by atoms with Crippen molar-refractivity contribution in [3.05, 3.63) is 114 Å². The number of Topliss-reactive ketones (excluding diaryl/α,β-unsaturated/α-hetero) is 1. The van der Waals surface area contributed by atoms with Crippen LogP contribution in [0.1, 0.15) is 118 Å². The molecule has 3 aromatic rings. The lowest BCUT2D eigenvalue weighted by Gasteiger charge is -2.37. The highest BCUT2D eigenvalue weighted by Gasteiger charge is 2.42. The lowest BCUT2D eigenvalue weighted by Crippen LogP contribution is -2.60. The molecule has 8 rings (SSSR count). The number of piperidine rings is 1. The second kappa shape index (κ2) is 31.5. The first-order valence-corrected chi connectivity index (χ1v) is 29.7. The van der Waals surface area contributed by atoms with Crippen LogP contribution in [0.15, 0.2) is 95.3 Å². The molecular weight excluding hydrogens is 1140 g/mol. The van der Waals surface area contributed by atoms with E-state index in [-0.39, 0.29) is 79.7 Å². The van der Waals surface area contributed by atoms with E-state index < -0.39 is 121 Å². The van der Waals surface area contributed by atoms with Crippen molar-refractivity contribution in [1.82, 2.24) is 51.3 Å². The van der Waals surface area contributed by atoms with E-state index in [2.05, 4.69) is 36.6 Å². The Balaban J connectivity index is 0.000000261. The molecule has 4 saturated heterocycles. The molecule has 0 aliphatic carbocycles. The Morgan fingerprint density at radius 3 is 2.22 bits per heavy atom. The van der Waals surface area contributed by atoms with Gasteiger partial charge in [0.15, 0.2) is 11.4 Å². The molecular formula is C62H78N10O16. The molecule has 7 heterocycles. The number of aliphatic hydroxyl groups excluding tert-OH is 1. The van der Waals surface area contributed by atoms with Crippen LogP contribution in [0, 0.1) is 11.8 Å². The van der Waals surface area contributed by atoms with E-state index in [0.29, 0.717) is 51.5 Å². The van der Waals surface area contributed by atoms with Crippen LogP contribution in [-0.4, -0.2) is 188 Å². The molecule has 26 nitrogen and oxygen atoms in total. The second-order valence-electron chi connectivity index (χ2n) is 22.7. The maximum Gasteiger partial charge on any atom is 0.329 e. The number of hydrogen-bond acceptors (Lipinski definition) is 18. The van der Waals surface area contributed by atoms with Crippen molar-refractivity contribution in [3.63, 3.8) is 0 Å². The minimum Gasteiger partial charge on any atom is -0.505 e. The zero-order valence-electron chi connectivity index (χ0n) is 50.0. The van der Waals surface area contributed by atoms with Gasteiger partial charge in [-0.15, -0.1) is 0 Å². The van der Waals surface area contributed by atoms with Gasteiger partial charge in [-0.05, 0) is 88.5 Å². The monoisotopic (exact) mass is 1220 g/mol. The number of nitrogens with one attached hydrogen (secondary N) is 5. The number of aromatic nitrogens is 2. The summed E-state index contributed by atoms with van der Waals surface area (Å²) in [5.41, 5.74) is 1.13. The van der Waals surface area contributed by atoms with Gasteiger partial charge in [0.2, 0.25) is 41.3 Å². The molecule has 2 aromatic heterocycles. The van der Waals surface area contributed by atoms with Gasteiger partial charge in [-0.25, -0.2) is 14.8 Å². The van der Waals surface area contributed by atoms with E-state index in [0.717, 1.165) is 11.1 Å². The molecule has 7 N–H and O–H groups in total. The lowest BCUT2D eigenvalue weighted by molar-refractivity contribution is -0.158. The van der Waals surface area contributed by atoms with Gasteiger partial charge < -0.3 is 65.4 Å². The molecule has 0 radical (unpaired) electrons. The number of ketones is 1. The summed E-state index contributed by atoms with van der Waals surface area (Å²) >= 11 is 0. The quantitative estimate of drug-likeness (QED) is 0.179. The number of oxazole rings is 1. The van der Waals surface area contributed by atoms with Gasteiger partial charge in [-0.3, -0.25) is 47.9 Å². The number of rotatable bonds is 5. The number of aliphatic hydroxyl groups is 1. The molecule has 5 aliphatic heterocycles. The Hall–Kier alpha value is -9.07. The predicted octanol–water partition coefficient (Wildman–Crippen LogP) is 1.70.